The van der Waals surface area contributed by atoms with Gasteiger partial charge in [-0.25, -0.2) is 8.78 Å². The number of aliphatic imine (C=N–C) groups is 1. The van der Waals surface area contributed by atoms with Crippen molar-refractivity contribution in [3.8, 4) is 0 Å². The maximum atomic E-state index is 15.0. The summed E-state index contributed by atoms with van der Waals surface area (Å²) in [6, 6.07) is 15.5. The van der Waals surface area contributed by atoms with E-state index in [0.29, 0.717) is 17.3 Å². The van der Waals surface area contributed by atoms with Crippen LogP contribution in [-0.4, -0.2) is 17.3 Å². The van der Waals surface area contributed by atoms with Gasteiger partial charge in [-0.05, 0) is 30.3 Å². The Morgan fingerprint density at radius 3 is 2.15 bits per heavy atom. The van der Waals surface area contributed by atoms with Gasteiger partial charge >= 0.3 is 12.0 Å². The van der Waals surface area contributed by atoms with Crippen molar-refractivity contribution in [1.29, 1.82) is 0 Å². The Labute approximate surface area is 184 Å². The predicted octanol–water partition coefficient (Wildman–Crippen LogP) is 5.69. The largest absolute Gasteiger partial charge is 0.416 e. The average molecular weight is 454 g/mol. The Bertz CT molecular complexity index is 1380. The number of hydrogen-bond donors (Lipinski definition) is 0. The van der Waals surface area contributed by atoms with E-state index in [2.05, 4.69) is 10.1 Å². The molecule has 0 N–H and O–H groups in total. The molecule has 1 atom stereocenters. The minimum absolute atomic E-state index is 0.123. The SMILES string of the molecule is O=C1C(c2ccc(C(F)(F)F)cc2)=N[N+]2(c3ccc(F)cc3F)C(c3ccccc3)=CN=C12. The van der Waals surface area contributed by atoms with Crippen LogP contribution >= 0.6 is 0 Å². The number of nitrogens with zero attached hydrogens (tertiary/aromatic N) is 3. The molecule has 0 fully saturated rings. The first-order chi connectivity index (χ1) is 15.7. The van der Waals surface area contributed by atoms with Gasteiger partial charge < -0.3 is 0 Å². The van der Waals surface area contributed by atoms with Crippen LogP contribution in [0.1, 0.15) is 16.7 Å². The third-order valence-electron chi connectivity index (χ3n) is 5.45. The highest BCUT2D eigenvalue weighted by Gasteiger charge is 2.58. The van der Waals surface area contributed by atoms with Gasteiger partial charge in [-0.15, -0.1) is 0 Å². The molecule has 2 aliphatic rings. The molecule has 0 amide bonds. The molecule has 33 heavy (non-hydrogen) atoms. The molecule has 2 aliphatic heterocycles. The third-order valence-corrected chi connectivity index (χ3v) is 5.45. The van der Waals surface area contributed by atoms with E-state index in [0.717, 1.165) is 30.3 Å². The summed E-state index contributed by atoms with van der Waals surface area (Å²) < 4.78 is 66.8. The summed E-state index contributed by atoms with van der Waals surface area (Å²) in [5, 5.41) is 4.51. The molecular formula is C24H13F5N3O+. The first-order valence-electron chi connectivity index (χ1n) is 9.73. The minimum Gasteiger partial charge on any atom is -0.278 e. The van der Waals surface area contributed by atoms with Crippen molar-refractivity contribution in [3.05, 3.63) is 107 Å². The minimum atomic E-state index is -4.54. The first-order valence-corrected chi connectivity index (χ1v) is 9.73. The molecule has 2 heterocycles. The second-order valence-corrected chi connectivity index (χ2v) is 7.42. The molecule has 0 saturated heterocycles. The van der Waals surface area contributed by atoms with Crippen LogP contribution in [0.25, 0.3) is 5.70 Å². The average Bonchev–Trinajstić information content (AvgIpc) is 3.29. The molecule has 0 radical (unpaired) electrons. The van der Waals surface area contributed by atoms with Gasteiger partial charge in [0.15, 0.2) is 17.2 Å². The molecule has 4 nitrogen and oxygen atoms in total. The molecule has 1 unspecified atom stereocenters. The summed E-state index contributed by atoms with van der Waals surface area (Å²) in [7, 11) is 0. The quantitative estimate of drug-likeness (QED) is 0.370. The lowest BCUT2D eigenvalue weighted by Gasteiger charge is -2.25. The van der Waals surface area contributed by atoms with Gasteiger partial charge in [-0.1, -0.05) is 40.0 Å². The zero-order chi connectivity index (χ0) is 23.4. The van der Waals surface area contributed by atoms with Crippen LogP contribution in [0.2, 0.25) is 0 Å². The predicted molar refractivity (Wildman–Crippen MR) is 113 cm³/mol. The zero-order valence-corrected chi connectivity index (χ0v) is 16.6. The molecule has 0 aromatic heterocycles. The number of ketones is 1. The molecule has 5 rings (SSSR count). The molecule has 0 spiro atoms. The summed E-state index contributed by atoms with van der Waals surface area (Å²) in [6.07, 6.45) is -3.16. The number of amidine groups is 1. The van der Waals surface area contributed by atoms with Crippen LogP contribution in [0.4, 0.5) is 27.6 Å². The van der Waals surface area contributed by atoms with Crippen molar-refractivity contribution >= 4 is 28.7 Å². The number of fused-ring (bicyclic) bond motifs is 1. The van der Waals surface area contributed by atoms with E-state index < -0.39 is 33.7 Å². The number of carbonyl (C=O) groups excluding carboxylic acids is 1. The Kier molecular flexibility index (Phi) is 4.61. The monoisotopic (exact) mass is 454 g/mol. The number of quaternary nitrogens is 1. The molecule has 164 valence electrons. The second-order valence-electron chi connectivity index (χ2n) is 7.42. The van der Waals surface area contributed by atoms with Gasteiger partial charge in [0.1, 0.15) is 5.82 Å². The number of alkyl halides is 3. The van der Waals surface area contributed by atoms with Crippen molar-refractivity contribution in [1.82, 2.24) is 4.59 Å². The summed E-state index contributed by atoms with van der Waals surface area (Å²) in [4.78, 5) is 17.5. The highest BCUT2D eigenvalue weighted by atomic mass is 19.4. The maximum absolute atomic E-state index is 15.0. The van der Waals surface area contributed by atoms with Crippen LogP contribution in [-0.2, 0) is 11.0 Å². The van der Waals surface area contributed by atoms with E-state index >= 15 is 4.39 Å². The van der Waals surface area contributed by atoms with Crippen LogP contribution in [0.5, 0.6) is 0 Å². The highest BCUT2D eigenvalue weighted by molar-refractivity contribution is 6.73. The Morgan fingerprint density at radius 2 is 1.52 bits per heavy atom. The number of benzene rings is 3. The molecule has 0 bridgehead atoms. The van der Waals surface area contributed by atoms with E-state index in [1.165, 1.54) is 12.3 Å². The molecule has 9 heteroatoms. The number of rotatable bonds is 3. The van der Waals surface area contributed by atoms with Gasteiger partial charge in [0.2, 0.25) is 5.69 Å². The van der Waals surface area contributed by atoms with Crippen molar-refractivity contribution in [2.24, 2.45) is 10.1 Å². The third kappa shape index (κ3) is 3.20. The Balaban J connectivity index is 1.72. The van der Waals surface area contributed by atoms with E-state index in [1.54, 1.807) is 30.3 Å². The van der Waals surface area contributed by atoms with Gasteiger partial charge in [0.25, 0.3) is 5.78 Å². The summed E-state index contributed by atoms with van der Waals surface area (Å²) in [5.74, 6) is -2.58. The zero-order valence-electron chi connectivity index (χ0n) is 16.6. The lowest BCUT2D eigenvalue weighted by atomic mass is 10.0. The Hall–Kier alpha value is -3.98. The van der Waals surface area contributed by atoms with Gasteiger partial charge in [0, 0.05) is 23.3 Å². The number of hydrogen-bond acceptors (Lipinski definition) is 3. The van der Waals surface area contributed by atoms with Gasteiger partial charge in [0.05, 0.1) is 11.8 Å². The summed E-state index contributed by atoms with van der Waals surface area (Å²) in [6.45, 7) is 0. The summed E-state index contributed by atoms with van der Waals surface area (Å²) >= 11 is 0. The fraction of sp³-hybridized carbons (Fsp3) is 0.0417. The number of carbonyl (C=O) groups is 1. The molecule has 3 aromatic carbocycles. The van der Waals surface area contributed by atoms with E-state index in [1.807, 2.05) is 0 Å². The summed E-state index contributed by atoms with van der Waals surface area (Å²) in [5.41, 5.74) is -0.145. The van der Waals surface area contributed by atoms with Crippen LogP contribution < -0.4 is 4.59 Å². The van der Waals surface area contributed by atoms with Crippen LogP contribution in [0, 0.1) is 11.6 Å². The smallest absolute Gasteiger partial charge is 0.278 e. The Morgan fingerprint density at radius 1 is 0.818 bits per heavy atom. The van der Waals surface area contributed by atoms with Gasteiger partial charge in [-0.3, -0.25) is 4.79 Å². The van der Waals surface area contributed by atoms with Crippen molar-refractivity contribution in [2.75, 3.05) is 0 Å². The lowest BCUT2D eigenvalue weighted by molar-refractivity contribution is -0.137. The van der Waals surface area contributed by atoms with Crippen LogP contribution in [0.15, 0.2) is 89.1 Å². The molecule has 0 saturated carbocycles. The van der Waals surface area contributed by atoms with Gasteiger partial charge in [-0.2, -0.15) is 18.2 Å². The standard InChI is InChI=1S/C24H13F5N3O/c25-17-10-11-19(18(26)12-17)32-20(14-4-2-1-3-5-14)13-30-23(32)22(33)21(31-32)15-6-8-16(9-7-15)24(27,28)29/h1-13H/q+1. The van der Waals surface area contributed by atoms with Crippen molar-refractivity contribution in [2.45, 2.75) is 6.18 Å². The first kappa shape index (κ1) is 20.9. The van der Waals surface area contributed by atoms with Crippen molar-refractivity contribution < 1.29 is 26.7 Å². The maximum Gasteiger partial charge on any atom is 0.416 e. The van der Waals surface area contributed by atoms with Crippen molar-refractivity contribution in [3.63, 3.8) is 0 Å². The second kappa shape index (κ2) is 7.28. The molecule has 3 aromatic rings. The number of Topliss-reactive ketones (excluding diaryl/α,β-unsaturated/α-hetero) is 1. The fourth-order valence-electron chi connectivity index (χ4n) is 3.93. The lowest BCUT2D eigenvalue weighted by Crippen LogP contribution is -2.45. The van der Waals surface area contributed by atoms with E-state index in [9.17, 15) is 22.4 Å². The molecule has 0 aliphatic carbocycles. The van der Waals surface area contributed by atoms with E-state index in [-0.39, 0.29) is 22.8 Å². The van der Waals surface area contributed by atoms with E-state index in [4.69, 9.17) is 0 Å². The highest BCUT2D eigenvalue weighted by Crippen LogP contribution is 2.44. The normalized spacial score (nSPS) is 19.8. The fourth-order valence-corrected chi connectivity index (χ4v) is 3.93. The number of halogens is 5. The molecular weight excluding hydrogens is 441 g/mol. The van der Waals surface area contributed by atoms with Crippen LogP contribution in [0.3, 0.4) is 0 Å². The topological polar surface area (TPSA) is 41.8 Å².